The van der Waals surface area contributed by atoms with Crippen molar-refractivity contribution in [1.82, 2.24) is 9.97 Å². The molecule has 0 saturated heterocycles. The van der Waals surface area contributed by atoms with Crippen LogP contribution in [-0.4, -0.2) is 15.9 Å². The monoisotopic (exact) mass is 457 g/mol. The van der Waals surface area contributed by atoms with Crippen molar-refractivity contribution in [2.75, 3.05) is 4.90 Å². The van der Waals surface area contributed by atoms with E-state index in [4.69, 9.17) is 0 Å². The molecule has 4 nitrogen and oxygen atoms in total. The molecule has 1 amide bonds. The van der Waals surface area contributed by atoms with Gasteiger partial charge in [0.1, 0.15) is 11.3 Å². The van der Waals surface area contributed by atoms with Gasteiger partial charge in [-0.25, -0.2) is 13.8 Å². The number of benzene rings is 3. The highest BCUT2D eigenvalue weighted by Gasteiger charge is 2.23. The van der Waals surface area contributed by atoms with Crippen molar-refractivity contribution in [2.45, 2.75) is 6.54 Å². The lowest BCUT2D eigenvalue weighted by atomic mass is 10.0. The predicted octanol–water partition coefficient (Wildman–Crippen LogP) is 6.48. The number of hydrogen-bond donors (Lipinski definition) is 0. The minimum Gasteiger partial charge on any atom is -0.278 e. The van der Waals surface area contributed by atoms with Crippen molar-refractivity contribution in [1.29, 1.82) is 0 Å². The molecule has 0 saturated carbocycles. The van der Waals surface area contributed by atoms with Crippen LogP contribution in [0.4, 0.5) is 13.9 Å². The van der Waals surface area contributed by atoms with Gasteiger partial charge in [-0.15, -0.1) is 0 Å². The number of carbonyl (C=O) groups excluding carboxylic acids is 1. The summed E-state index contributed by atoms with van der Waals surface area (Å²) in [4.78, 5) is 23.6. The number of anilines is 1. The van der Waals surface area contributed by atoms with E-state index in [1.807, 2.05) is 48.5 Å². The molecule has 162 valence electrons. The van der Waals surface area contributed by atoms with Crippen molar-refractivity contribution in [2.24, 2.45) is 0 Å². The minimum atomic E-state index is -0.759. The fourth-order valence-corrected chi connectivity index (χ4v) is 4.54. The molecule has 0 aliphatic carbocycles. The van der Waals surface area contributed by atoms with Crippen LogP contribution in [0.1, 0.15) is 16.1 Å². The zero-order valence-electron chi connectivity index (χ0n) is 17.3. The van der Waals surface area contributed by atoms with Crippen LogP contribution in [0.2, 0.25) is 0 Å². The average Bonchev–Trinajstić information content (AvgIpc) is 3.27. The van der Waals surface area contributed by atoms with E-state index in [0.29, 0.717) is 16.0 Å². The predicted molar refractivity (Wildman–Crippen MR) is 126 cm³/mol. The molecule has 0 aliphatic rings. The largest absolute Gasteiger partial charge is 0.278 e. The van der Waals surface area contributed by atoms with Crippen LogP contribution in [0.5, 0.6) is 0 Å². The normalized spacial score (nSPS) is 11.0. The molecule has 0 aliphatic heterocycles. The van der Waals surface area contributed by atoms with Gasteiger partial charge in [-0.05, 0) is 41.5 Å². The highest BCUT2D eigenvalue weighted by molar-refractivity contribution is 7.22. The molecule has 0 spiro atoms. The van der Waals surface area contributed by atoms with Crippen LogP contribution in [0.3, 0.4) is 0 Å². The van der Waals surface area contributed by atoms with Crippen LogP contribution in [-0.2, 0) is 6.54 Å². The summed E-state index contributed by atoms with van der Waals surface area (Å²) in [5.41, 5.74) is 3.18. The number of aromatic nitrogens is 2. The van der Waals surface area contributed by atoms with Gasteiger partial charge in [0, 0.05) is 17.8 Å². The Morgan fingerprint density at radius 3 is 2.33 bits per heavy atom. The Morgan fingerprint density at radius 1 is 0.879 bits per heavy atom. The maximum atomic E-state index is 14.3. The zero-order chi connectivity index (χ0) is 22.8. The molecule has 0 atom stereocenters. The van der Waals surface area contributed by atoms with Gasteiger partial charge in [0.25, 0.3) is 5.91 Å². The van der Waals surface area contributed by atoms with Crippen molar-refractivity contribution in [3.63, 3.8) is 0 Å². The second-order valence-corrected chi connectivity index (χ2v) is 8.40. The first-order chi connectivity index (χ1) is 16.1. The molecular formula is C26H17F2N3OS. The van der Waals surface area contributed by atoms with E-state index in [-0.39, 0.29) is 23.1 Å². The molecule has 3 aromatic carbocycles. The molecule has 0 unspecified atom stereocenters. The molecule has 7 heteroatoms. The highest BCUT2D eigenvalue weighted by Crippen LogP contribution is 2.33. The molecule has 5 rings (SSSR count). The first-order valence-corrected chi connectivity index (χ1v) is 11.0. The molecule has 2 aromatic heterocycles. The molecule has 33 heavy (non-hydrogen) atoms. The Bertz CT molecular complexity index is 1420. The topological polar surface area (TPSA) is 46.1 Å². The van der Waals surface area contributed by atoms with E-state index in [1.165, 1.54) is 11.0 Å². The SMILES string of the molecule is O=C(c1ccc(-c2ccccc2)cc1)N(Cc1ccccn1)c1nc2c(F)cc(F)cc2s1. The maximum absolute atomic E-state index is 14.3. The summed E-state index contributed by atoms with van der Waals surface area (Å²) in [7, 11) is 0. The Morgan fingerprint density at radius 2 is 1.61 bits per heavy atom. The van der Waals surface area contributed by atoms with Crippen molar-refractivity contribution in [3.8, 4) is 11.1 Å². The number of rotatable bonds is 5. The number of hydrogen-bond acceptors (Lipinski definition) is 4. The van der Waals surface area contributed by atoms with Gasteiger partial charge in [0.15, 0.2) is 10.9 Å². The third-order valence-corrected chi connectivity index (χ3v) is 6.19. The van der Waals surface area contributed by atoms with Crippen LogP contribution >= 0.6 is 11.3 Å². The lowest BCUT2D eigenvalue weighted by Crippen LogP contribution is -2.30. The van der Waals surface area contributed by atoms with Gasteiger partial charge in [0.2, 0.25) is 0 Å². The van der Waals surface area contributed by atoms with Gasteiger partial charge in [0.05, 0.1) is 16.9 Å². The first kappa shape index (κ1) is 20.9. The average molecular weight is 458 g/mol. The van der Waals surface area contributed by atoms with Crippen molar-refractivity contribution >= 4 is 32.6 Å². The summed E-state index contributed by atoms with van der Waals surface area (Å²) in [6.07, 6.45) is 1.64. The first-order valence-electron chi connectivity index (χ1n) is 10.2. The summed E-state index contributed by atoms with van der Waals surface area (Å²) in [5, 5.41) is 0.275. The summed E-state index contributed by atoms with van der Waals surface area (Å²) in [6, 6.07) is 24.6. The molecule has 2 heterocycles. The van der Waals surface area contributed by atoms with Crippen LogP contribution in [0.15, 0.2) is 91.1 Å². The number of pyridine rings is 1. The second-order valence-electron chi connectivity index (χ2n) is 7.39. The highest BCUT2D eigenvalue weighted by atomic mass is 32.1. The molecule has 0 bridgehead atoms. The lowest BCUT2D eigenvalue weighted by molar-refractivity contribution is 0.0985. The number of thiazole rings is 1. The summed E-state index contributed by atoms with van der Waals surface area (Å²) < 4.78 is 28.3. The third kappa shape index (κ3) is 4.36. The standard InChI is InChI=1S/C26H17F2N3OS/c27-20-14-22(28)24-23(15-20)33-26(30-24)31(16-21-8-4-5-13-29-21)25(32)19-11-9-18(10-12-19)17-6-2-1-3-7-17/h1-15H,16H2. The van der Waals surface area contributed by atoms with Crippen LogP contribution in [0.25, 0.3) is 21.3 Å². The zero-order valence-corrected chi connectivity index (χ0v) is 18.1. The summed E-state index contributed by atoms with van der Waals surface area (Å²) in [5.74, 6) is -1.75. The van der Waals surface area contributed by atoms with Crippen molar-refractivity contribution < 1.29 is 13.6 Å². The second kappa shape index (κ2) is 8.88. The molecule has 0 N–H and O–H groups in total. The lowest BCUT2D eigenvalue weighted by Gasteiger charge is -2.20. The number of amides is 1. The Hall–Kier alpha value is -3.97. The fraction of sp³-hybridized carbons (Fsp3) is 0.0385. The smallest absolute Gasteiger partial charge is 0.260 e. The number of nitrogens with zero attached hydrogens (tertiary/aromatic N) is 3. The summed E-state index contributed by atoms with van der Waals surface area (Å²) in [6.45, 7) is 0.143. The van der Waals surface area contributed by atoms with Gasteiger partial charge >= 0.3 is 0 Å². The Kier molecular flexibility index (Phi) is 5.62. The quantitative estimate of drug-likeness (QED) is 0.303. The third-order valence-electron chi connectivity index (χ3n) is 5.16. The van der Waals surface area contributed by atoms with Crippen LogP contribution < -0.4 is 4.90 Å². The van der Waals surface area contributed by atoms with Gasteiger partial charge < -0.3 is 0 Å². The summed E-state index contributed by atoms with van der Waals surface area (Å²) >= 11 is 1.06. The molecule has 5 aromatic rings. The molecule has 0 fully saturated rings. The van der Waals surface area contributed by atoms with E-state index in [9.17, 15) is 13.6 Å². The Labute approximate surface area is 192 Å². The number of fused-ring (bicyclic) bond motifs is 1. The van der Waals surface area contributed by atoms with E-state index in [2.05, 4.69) is 9.97 Å². The number of halogens is 2. The van der Waals surface area contributed by atoms with Crippen LogP contribution in [0, 0.1) is 11.6 Å². The maximum Gasteiger partial charge on any atom is 0.260 e. The fourth-order valence-electron chi connectivity index (χ4n) is 3.53. The van der Waals surface area contributed by atoms with E-state index < -0.39 is 11.6 Å². The minimum absolute atomic E-state index is 0.0367. The van der Waals surface area contributed by atoms with Gasteiger partial charge in [-0.1, -0.05) is 59.9 Å². The van der Waals surface area contributed by atoms with E-state index >= 15 is 0 Å². The van der Waals surface area contributed by atoms with Gasteiger partial charge in [-0.2, -0.15) is 0 Å². The van der Waals surface area contributed by atoms with E-state index in [1.54, 1.807) is 30.5 Å². The number of carbonyl (C=O) groups is 1. The molecular weight excluding hydrogens is 440 g/mol. The van der Waals surface area contributed by atoms with Gasteiger partial charge in [-0.3, -0.25) is 14.7 Å². The molecule has 0 radical (unpaired) electrons. The Balaban J connectivity index is 1.53. The van der Waals surface area contributed by atoms with Crippen molar-refractivity contribution in [3.05, 3.63) is 114 Å². The van der Waals surface area contributed by atoms with E-state index in [0.717, 1.165) is 28.5 Å².